The van der Waals surface area contributed by atoms with Gasteiger partial charge in [0.15, 0.2) is 0 Å². The van der Waals surface area contributed by atoms with Crippen molar-refractivity contribution in [3.63, 3.8) is 0 Å². The Bertz CT molecular complexity index is 1350. The quantitative estimate of drug-likeness (QED) is 0.444. The number of fused-ring (bicyclic) bond motifs is 1. The highest BCUT2D eigenvalue weighted by Gasteiger charge is 2.36. The Morgan fingerprint density at radius 3 is 2.58 bits per heavy atom. The molecule has 1 unspecified atom stereocenters. The number of aromatic nitrogens is 1. The molecule has 11 heteroatoms. The number of hydrogen-bond donors (Lipinski definition) is 2. The van der Waals surface area contributed by atoms with Gasteiger partial charge in [-0.3, -0.25) is 10.1 Å². The summed E-state index contributed by atoms with van der Waals surface area (Å²) in [6.45, 7) is 1.63. The number of carbonyl (C=O) groups excluding carboxylic acids is 2. The van der Waals surface area contributed by atoms with E-state index in [1.807, 2.05) is 6.07 Å². The lowest BCUT2D eigenvalue weighted by atomic mass is 9.96. The van der Waals surface area contributed by atoms with Crippen molar-refractivity contribution in [1.82, 2.24) is 14.8 Å². The smallest absolute Gasteiger partial charge is 0.355 e. The van der Waals surface area contributed by atoms with Gasteiger partial charge in [-0.05, 0) is 60.4 Å². The van der Waals surface area contributed by atoms with Crippen LogP contribution in [0.4, 0.5) is 39.5 Å². The van der Waals surface area contributed by atoms with E-state index >= 15 is 0 Å². The summed E-state index contributed by atoms with van der Waals surface area (Å²) in [6, 6.07) is 13.1. The van der Waals surface area contributed by atoms with Crippen LogP contribution in [0.5, 0.6) is 0 Å². The van der Waals surface area contributed by atoms with Crippen molar-refractivity contribution >= 4 is 29.1 Å². The molecule has 7 nitrogen and oxygen atoms in total. The molecule has 2 aliphatic rings. The van der Waals surface area contributed by atoms with Gasteiger partial charge in [-0.2, -0.15) is 13.2 Å². The first-order valence-corrected chi connectivity index (χ1v) is 12.2. The molecule has 5 rings (SSSR count). The fourth-order valence-corrected chi connectivity index (χ4v) is 4.92. The van der Waals surface area contributed by atoms with Crippen molar-refractivity contribution in [3.05, 3.63) is 83.3 Å². The van der Waals surface area contributed by atoms with Gasteiger partial charge in [-0.15, -0.1) is 0 Å². The molecule has 0 radical (unpaired) electrons. The minimum atomic E-state index is -4.76. The summed E-state index contributed by atoms with van der Waals surface area (Å²) in [5.74, 6) is -1.22. The maximum atomic E-state index is 14.0. The Labute approximate surface area is 216 Å². The largest absolute Gasteiger partial charge is 0.419 e. The van der Waals surface area contributed by atoms with Crippen LogP contribution in [0, 0.1) is 11.7 Å². The van der Waals surface area contributed by atoms with Crippen LogP contribution in [0.15, 0.2) is 60.8 Å². The van der Waals surface area contributed by atoms with Crippen LogP contribution in [0.2, 0.25) is 0 Å². The number of anilines is 3. The molecular formula is C27H25F4N5O2. The van der Waals surface area contributed by atoms with Crippen LogP contribution in [-0.2, 0) is 23.9 Å². The molecular weight excluding hydrogens is 502 g/mol. The van der Waals surface area contributed by atoms with E-state index in [1.54, 1.807) is 46.3 Å². The molecule has 1 aromatic heterocycles. The molecule has 1 atom stereocenters. The number of rotatable bonds is 4. The van der Waals surface area contributed by atoms with Gasteiger partial charge >= 0.3 is 12.2 Å². The summed E-state index contributed by atoms with van der Waals surface area (Å²) >= 11 is 0. The molecule has 3 amide bonds. The van der Waals surface area contributed by atoms with Crippen LogP contribution in [0.25, 0.3) is 0 Å². The van der Waals surface area contributed by atoms with Crippen molar-refractivity contribution in [1.29, 1.82) is 0 Å². The number of amides is 3. The molecule has 2 aromatic carbocycles. The first-order chi connectivity index (χ1) is 18.2. The third kappa shape index (κ3) is 5.41. The summed E-state index contributed by atoms with van der Waals surface area (Å²) in [5, 5.41) is 5.76. The van der Waals surface area contributed by atoms with E-state index in [4.69, 9.17) is 0 Å². The van der Waals surface area contributed by atoms with Crippen LogP contribution < -0.4 is 10.6 Å². The lowest BCUT2D eigenvalue weighted by molar-refractivity contribution is -0.140. The molecule has 1 fully saturated rings. The standard InChI is InChI=1S/C27H25F4N5O2/c28-22-14-19(7-8-21(22)27(29,30)31)33-23-5-3-4-17-15-35(13-10-20(17)23)25(37)18-9-12-36(16-18)26(38)34-24-6-1-2-11-32-24/h1-8,11,14,18,33H,9-10,12-13,15-16H2,(H,32,34,38). The van der Waals surface area contributed by atoms with Gasteiger partial charge in [0.25, 0.3) is 0 Å². The van der Waals surface area contributed by atoms with E-state index in [9.17, 15) is 27.2 Å². The van der Waals surface area contributed by atoms with Crippen molar-refractivity contribution in [3.8, 4) is 0 Å². The minimum Gasteiger partial charge on any atom is -0.355 e. The Morgan fingerprint density at radius 1 is 1.00 bits per heavy atom. The number of carbonyl (C=O) groups is 2. The van der Waals surface area contributed by atoms with Crippen LogP contribution in [0.1, 0.15) is 23.1 Å². The van der Waals surface area contributed by atoms with Gasteiger partial charge in [-0.1, -0.05) is 18.2 Å². The number of likely N-dealkylation sites (tertiary alicyclic amines) is 1. The van der Waals surface area contributed by atoms with Gasteiger partial charge in [0.1, 0.15) is 11.6 Å². The first-order valence-electron chi connectivity index (χ1n) is 12.2. The second-order valence-electron chi connectivity index (χ2n) is 9.35. The molecule has 0 saturated carbocycles. The summed E-state index contributed by atoms with van der Waals surface area (Å²) in [4.78, 5) is 33.3. The number of alkyl halides is 3. The maximum Gasteiger partial charge on any atom is 0.419 e. The second-order valence-corrected chi connectivity index (χ2v) is 9.35. The summed E-state index contributed by atoms with van der Waals surface area (Å²) in [5.41, 5.74) is 1.39. The first kappa shape index (κ1) is 25.5. The molecule has 38 heavy (non-hydrogen) atoms. The molecule has 3 heterocycles. The Hall–Kier alpha value is -4.15. The van der Waals surface area contributed by atoms with Gasteiger partial charge in [0, 0.05) is 43.8 Å². The van der Waals surface area contributed by atoms with Crippen molar-refractivity contribution in [2.75, 3.05) is 30.3 Å². The third-order valence-corrected chi connectivity index (χ3v) is 6.86. The highest BCUT2D eigenvalue weighted by atomic mass is 19.4. The monoisotopic (exact) mass is 527 g/mol. The third-order valence-electron chi connectivity index (χ3n) is 6.86. The number of halogens is 4. The highest BCUT2D eigenvalue weighted by molar-refractivity contribution is 5.89. The Balaban J connectivity index is 1.22. The van der Waals surface area contributed by atoms with Gasteiger partial charge in [-0.25, -0.2) is 14.2 Å². The number of urea groups is 1. The lowest BCUT2D eigenvalue weighted by Crippen LogP contribution is -2.41. The van der Waals surface area contributed by atoms with E-state index in [-0.39, 0.29) is 23.5 Å². The summed E-state index contributed by atoms with van der Waals surface area (Å²) in [7, 11) is 0. The average Bonchev–Trinajstić information content (AvgIpc) is 3.39. The Morgan fingerprint density at radius 2 is 1.84 bits per heavy atom. The van der Waals surface area contributed by atoms with Crippen LogP contribution in [-0.4, -0.2) is 46.4 Å². The fourth-order valence-electron chi connectivity index (χ4n) is 4.92. The topological polar surface area (TPSA) is 77.6 Å². The van der Waals surface area contributed by atoms with Crippen molar-refractivity contribution in [2.45, 2.75) is 25.6 Å². The zero-order valence-electron chi connectivity index (χ0n) is 20.3. The van der Waals surface area contributed by atoms with Gasteiger partial charge in [0.2, 0.25) is 5.91 Å². The molecule has 1 saturated heterocycles. The zero-order chi connectivity index (χ0) is 26.9. The molecule has 0 aliphatic carbocycles. The van der Waals surface area contributed by atoms with Gasteiger partial charge < -0.3 is 15.1 Å². The average molecular weight is 528 g/mol. The van der Waals surface area contributed by atoms with Crippen molar-refractivity contribution in [2.24, 2.45) is 5.92 Å². The molecule has 0 bridgehead atoms. The predicted octanol–water partition coefficient (Wildman–Crippen LogP) is 5.42. The predicted molar refractivity (Wildman–Crippen MR) is 133 cm³/mol. The van der Waals surface area contributed by atoms with E-state index < -0.39 is 17.6 Å². The minimum absolute atomic E-state index is 0.0213. The summed E-state index contributed by atoms with van der Waals surface area (Å²) in [6.07, 6.45) is -2.07. The normalized spacial score (nSPS) is 17.2. The number of hydrogen-bond acceptors (Lipinski definition) is 4. The van der Waals surface area contributed by atoms with E-state index in [0.717, 1.165) is 23.3 Å². The van der Waals surface area contributed by atoms with Crippen LogP contribution >= 0.6 is 0 Å². The van der Waals surface area contributed by atoms with E-state index in [2.05, 4.69) is 15.6 Å². The molecule has 198 valence electrons. The SMILES string of the molecule is O=C(Nc1ccccn1)N1CCC(C(=O)N2CCc3c(cccc3Nc3ccc(C(F)(F)F)c(F)c3)C2)C1. The maximum absolute atomic E-state index is 14.0. The lowest BCUT2D eigenvalue weighted by Gasteiger charge is -2.32. The van der Waals surface area contributed by atoms with E-state index in [0.29, 0.717) is 50.5 Å². The van der Waals surface area contributed by atoms with Crippen molar-refractivity contribution < 1.29 is 27.2 Å². The fraction of sp³-hybridized carbons (Fsp3) is 0.296. The number of pyridine rings is 1. The molecule has 0 spiro atoms. The zero-order valence-corrected chi connectivity index (χ0v) is 20.3. The molecule has 2 aliphatic heterocycles. The molecule has 2 N–H and O–H groups in total. The molecule has 3 aromatic rings. The second kappa shape index (κ2) is 10.3. The van der Waals surface area contributed by atoms with E-state index in [1.165, 1.54) is 6.07 Å². The number of nitrogens with zero attached hydrogens (tertiary/aromatic N) is 3. The highest BCUT2D eigenvalue weighted by Crippen LogP contribution is 2.34. The van der Waals surface area contributed by atoms with Crippen LogP contribution in [0.3, 0.4) is 0 Å². The summed E-state index contributed by atoms with van der Waals surface area (Å²) < 4.78 is 52.7. The number of nitrogens with one attached hydrogen (secondary N) is 2. The van der Waals surface area contributed by atoms with Gasteiger partial charge in [0.05, 0.1) is 11.5 Å². The number of benzene rings is 2. The Kier molecular flexibility index (Phi) is 6.92.